The first-order valence-corrected chi connectivity index (χ1v) is 2.23. The number of carboxylic acid groups (broad SMARTS) is 1. The summed E-state index contributed by atoms with van der Waals surface area (Å²) < 4.78 is 0. The fourth-order valence-electron chi connectivity index (χ4n) is 0.0956. The number of aliphatic carboxylic acids is 1. The standard InChI is InChI=1S/C3H6O2S.H3N/c4-3(5)1-2-6;/h6H,1-2H2,(H,4,5);1H3/p+1. The van der Waals surface area contributed by atoms with E-state index in [1.54, 1.807) is 0 Å². The number of carboxylic acids is 1. The third-order valence-corrected chi connectivity index (χ3v) is 0.549. The summed E-state index contributed by atoms with van der Waals surface area (Å²) in [5, 5.41) is 7.86. The van der Waals surface area contributed by atoms with E-state index in [9.17, 15) is 4.79 Å². The maximum Gasteiger partial charge on any atom is 0.304 e. The van der Waals surface area contributed by atoms with E-state index >= 15 is 0 Å². The van der Waals surface area contributed by atoms with Crippen molar-refractivity contribution < 1.29 is 9.90 Å². The molecule has 0 aliphatic rings. The molecule has 0 unspecified atom stereocenters. The van der Waals surface area contributed by atoms with Crippen LogP contribution in [0.5, 0.6) is 0 Å². The average molecular weight is 124 g/mol. The van der Waals surface area contributed by atoms with Gasteiger partial charge in [0.05, 0.1) is 6.42 Å². The van der Waals surface area contributed by atoms with Crippen LogP contribution in [0.25, 0.3) is 0 Å². The maximum atomic E-state index is 9.55. The Labute approximate surface area is 47.7 Å². The number of carbonyl (C=O) groups is 1. The summed E-state index contributed by atoms with van der Waals surface area (Å²) in [6, 6.07) is 0. The lowest BCUT2D eigenvalue weighted by Crippen LogP contribution is -1.93. The fraction of sp³-hybridized carbons (Fsp3) is 0.667. The smallest absolute Gasteiger partial charge is 0.304 e. The van der Waals surface area contributed by atoms with Gasteiger partial charge in [-0.05, 0) is 0 Å². The highest BCUT2D eigenvalue weighted by atomic mass is 32.1. The van der Waals surface area contributed by atoms with Gasteiger partial charge in [-0.25, -0.2) is 0 Å². The molecule has 7 heavy (non-hydrogen) atoms. The minimum Gasteiger partial charge on any atom is -0.481 e. The molecule has 5 N–H and O–H groups in total. The normalized spacial score (nSPS) is 7.00. The number of hydrogen-bond donors (Lipinski definition) is 3. The lowest BCUT2D eigenvalue weighted by molar-refractivity contribution is -0.136. The summed E-state index contributed by atoms with van der Waals surface area (Å²) in [5.41, 5.74) is 0. The zero-order chi connectivity index (χ0) is 4.99. The topological polar surface area (TPSA) is 73.8 Å². The SMILES string of the molecule is O=C(O)CCS.[NH4+]. The Balaban J connectivity index is 0. The number of quaternary nitrogens is 1. The van der Waals surface area contributed by atoms with Crippen LogP contribution in [0.15, 0.2) is 0 Å². The van der Waals surface area contributed by atoms with Crippen LogP contribution in [-0.2, 0) is 4.79 Å². The van der Waals surface area contributed by atoms with Crippen LogP contribution in [0.1, 0.15) is 6.42 Å². The van der Waals surface area contributed by atoms with E-state index < -0.39 is 5.97 Å². The lowest BCUT2D eigenvalue weighted by atomic mass is 10.5. The Bertz CT molecular complexity index is 56.9. The first-order chi connectivity index (χ1) is 2.77. The Morgan fingerprint density at radius 3 is 2.14 bits per heavy atom. The van der Waals surface area contributed by atoms with Gasteiger partial charge < -0.3 is 11.3 Å². The van der Waals surface area contributed by atoms with Crippen molar-refractivity contribution in [2.45, 2.75) is 6.42 Å². The van der Waals surface area contributed by atoms with Gasteiger partial charge in [-0.2, -0.15) is 12.6 Å². The monoisotopic (exact) mass is 124 g/mol. The van der Waals surface area contributed by atoms with Gasteiger partial charge in [-0.1, -0.05) is 0 Å². The predicted octanol–water partition coefficient (Wildman–Crippen LogP) is 0.767. The summed E-state index contributed by atoms with van der Waals surface area (Å²) >= 11 is 3.68. The van der Waals surface area contributed by atoms with Crippen LogP contribution in [0, 0.1) is 0 Å². The Hall–Kier alpha value is -0.220. The maximum absolute atomic E-state index is 9.55. The molecule has 0 spiro atoms. The summed E-state index contributed by atoms with van der Waals surface area (Å²) in [4.78, 5) is 9.55. The van der Waals surface area contributed by atoms with Crippen molar-refractivity contribution in [2.75, 3.05) is 5.75 Å². The molecule has 0 atom stereocenters. The fourth-order valence-corrected chi connectivity index (χ4v) is 0.287. The van der Waals surface area contributed by atoms with Crippen molar-refractivity contribution in [1.82, 2.24) is 6.15 Å². The second-order valence-electron chi connectivity index (χ2n) is 0.867. The molecule has 0 aliphatic carbocycles. The molecule has 4 heteroatoms. The number of thiol groups is 1. The zero-order valence-electron chi connectivity index (χ0n) is 4.22. The molecule has 44 valence electrons. The summed E-state index contributed by atoms with van der Waals surface area (Å²) in [6.07, 6.45) is 0.156. The van der Waals surface area contributed by atoms with Crippen LogP contribution < -0.4 is 6.15 Å². The van der Waals surface area contributed by atoms with Gasteiger partial charge in [0, 0.05) is 5.75 Å². The molecule has 0 saturated carbocycles. The lowest BCUT2D eigenvalue weighted by Gasteiger charge is -1.79. The molecular weight excluding hydrogens is 114 g/mol. The Kier molecular flexibility index (Phi) is 8.19. The average Bonchev–Trinajstić information content (AvgIpc) is 1.35. The Morgan fingerprint density at radius 1 is 1.71 bits per heavy atom. The molecule has 0 bridgehead atoms. The van der Waals surface area contributed by atoms with Crippen molar-refractivity contribution in [2.24, 2.45) is 0 Å². The van der Waals surface area contributed by atoms with Crippen molar-refractivity contribution in [3.8, 4) is 0 Å². The molecule has 3 nitrogen and oxygen atoms in total. The van der Waals surface area contributed by atoms with Gasteiger partial charge >= 0.3 is 5.97 Å². The molecule has 0 aliphatic heterocycles. The van der Waals surface area contributed by atoms with Gasteiger partial charge in [0.25, 0.3) is 0 Å². The van der Waals surface area contributed by atoms with Gasteiger partial charge in [-0.3, -0.25) is 4.79 Å². The predicted molar refractivity (Wildman–Crippen MR) is 32.1 cm³/mol. The third kappa shape index (κ3) is 10.7. The van der Waals surface area contributed by atoms with Crippen molar-refractivity contribution in [1.29, 1.82) is 0 Å². The second kappa shape index (κ2) is 5.78. The van der Waals surface area contributed by atoms with E-state index in [4.69, 9.17) is 5.11 Å². The van der Waals surface area contributed by atoms with E-state index in [1.807, 2.05) is 0 Å². The molecule has 0 saturated heterocycles. The summed E-state index contributed by atoms with van der Waals surface area (Å²) in [5.74, 6) is -0.361. The van der Waals surface area contributed by atoms with Crippen LogP contribution in [0.2, 0.25) is 0 Å². The molecule has 0 rings (SSSR count). The minimum atomic E-state index is -0.787. The molecule has 0 aromatic rings. The van der Waals surface area contributed by atoms with Gasteiger partial charge in [-0.15, -0.1) is 0 Å². The van der Waals surface area contributed by atoms with E-state index in [0.29, 0.717) is 5.75 Å². The molecule has 0 aromatic heterocycles. The second-order valence-corrected chi connectivity index (χ2v) is 1.31. The van der Waals surface area contributed by atoms with Crippen molar-refractivity contribution in [3.05, 3.63) is 0 Å². The zero-order valence-corrected chi connectivity index (χ0v) is 5.11. The van der Waals surface area contributed by atoms with Gasteiger partial charge in [0.15, 0.2) is 0 Å². The third-order valence-electron chi connectivity index (χ3n) is 0.326. The highest BCUT2D eigenvalue weighted by Crippen LogP contribution is 1.79. The van der Waals surface area contributed by atoms with E-state index in [0.717, 1.165) is 0 Å². The largest absolute Gasteiger partial charge is 0.481 e. The Morgan fingerprint density at radius 2 is 2.14 bits per heavy atom. The molecule has 0 aromatic carbocycles. The van der Waals surface area contributed by atoms with E-state index in [-0.39, 0.29) is 12.6 Å². The highest BCUT2D eigenvalue weighted by Gasteiger charge is 1.88. The minimum absolute atomic E-state index is 0. The van der Waals surface area contributed by atoms with Crippen molar-refractivity contribution in [3.63, 3.8) is 0 Å². The molecule has 0 amide bonds. The molecule has 0 fully saturated rings. The van der Waals surface area contributed by atoms with E-state index in [1.165, 1.54) is 0 Å². The molecule has 0 radical (unpaired) electrons. The van der Waals surface area contributed by atoms with Crippen LogP contribution in [-0.4, -0.2) is 16.8 Å². The van der Waals surface area contributed by atoms with Gasteiger partial charge in [0.1, 0.15) is 0 Å². The first kappa shape index (κ1) is 9.91. The molecular formula is C3H10NO2S+. The van der Waals surface area contributed by atoms with Crippen LogP contribution >= 0.6 is 12.6 Å². The summed E-state index contributed by atoms with van der Waals surface area (Å²) in [7, 11) is 0. The highest BCUT2D eigenvalue weighted by molar-refractivity contribution is 7.80. The van der Waals surface area contributed by atoms with Crippen molar-refractivity contribution >= 4 is 18.6 Å². The number of hydrogen-bond acceptors (Lipinski definition) is 2. The van der Waals surface area contributed by atoms with Crippen LogP contribution in [0.3, 0.4) is 0 Å². The molecule has 0 heterocycles. The quantitative estimate of drug-likeness (QED) is 0.475. The first-order valence-electron chi connectivity index (χ1n) is 1.60. The van der Waals surface area contributed by atoms with Gasteiger partial charge in [0.2, 0.25) is 0 Å². The number of rotatable bonds is 2. The van der Waals surface area contributed by atoms with Crippen LogP contribution in [0.4, 0.5) is 0 Å². The van der Waals surface area contributed by atoms with E-state index in [2.05, 4.69) is 12.6 Å². The summed E-state index contributed by atoms with van der Waals surface area (Å²) in [6.45, 7) is 0.